The Bertz CT molecular complexity index is 661. The molecular weight excluding hydrogens is 306 g/mol. The molecule has 1 aromatic rings. The summed E-state index contributed by atoms with van der Waals surface area (Å²) >= 11 is 0. The summed E-state index contributed by atoms with van der Waals surface area (Å²) < 4.78 is 31.9. The average Bonchev–Trinajstić information content (AvgIpc) is 2.45. The minimum Gasteiger partial charge on any atom is -0.496 e. The molecule has 1 aromatic carbocycles. The number of rotatable bonds is 4. The number of piperidine rings is 1. The highest BCUT2D eigenvalue weighted by molar-refractivity contribution is 7.89. The van der Waals surface area contributed by atoms with Gasteiger partial charge in [-0.2, -0.15) is 4.31 Å². The fourth-order valence-electron chi connectivity index (χ4n) is 2.97. The number of hydrogen-bond donors (Lipinski definition) is 1. The summed E-state index contributed by atoms with van der Waals surface area (Å²) in [5.41, 5.74) is -0.151. The lowest BCUT2D eigenvalue weighted by atomic mass is 9.94. The van der Waals surface area contributed by atoms with E-state index < -0.39 is 16.0 Å². The third-order valence-electron chi connectivity index (χ3n) is 3.87. The van der Waals surface area contributed by atoms with Crippen LogP contribution in [-0.4, -0.2) is 44.0 Å². The molecule has 0 saturated carbocycles. The van der Waals surface area contributed by atoms with Crippen molar-refractivity contribution < 1.29 is 23.1 Å². The Balaban J connectivity index is 2.41. The monoisotopic (exact) mass is 327 g/mol. The van der Waals surface area contributed by atoms with Crippen LogP contribution in [0.5, 0.6) is 5.75 Å². The van der Waals surface area contributed by atoms with Crippen molar-refractivity contribution in [3.8, 4) is 5.75 Å². The molecule has 0 bridgehead atoms. The molecule has 122 valence electrons. The number of nitrogens with zero attached hydrogens (tertiary/aromatic N) is 1. The molecule has 0 spiro atoms. The third-order valence-corrected chi connectivity index (χ3v) is 5.70. The molecule has 0 aromatic heterocycles. The summed E-state index contributed by atoms with van der Waals surface area (Å²) in [7, 11) is -2.34. The first-order chi connectivity index (χ1) is 10.3. The first kappa shape index (κ1) is 16.8. The van der Waals surface area contributed by atoms with E-state index in [1.807, 2.05) is 13.8 Å². The van der Waals surface area contributed by atoms with Crippen LogP contribution >= 0.6 is 0 Å². The van der Waals surface area contributed by atoms with Crippen LogP contribution in [0.4, 0.5) is 0 Å². The average molecular weight is 327 g/mol. The molecule has 2 atom stereocenters. The standard InChI is InChI=1S/C15H21NO5S/c1-10-6-11(2)9-16(8-10)22(19,20)12-4-5-14(21-3)13(7-12)15(17)18/h4-5,7,10-11H,6,8-9H2,1-3H3,(H,17,18). The van der Waals surface area contributed by atoms with Crippen molar-refractivity contribution in [3.63, 3.8) is 0 Å². The molecule has 22 heavy (non-hydrogen) atoms. The zero-order valence-corrected chi connectivity index (χ0v) is 13.8. The molecule has 0 aliphatic carbocycles. The molecule has 1 aliphatic heterocycles. The van der Waals surface area contributed by atoms with Crippen molar-refractivity contribution in [1.82, 2.24) is 4.31 Å². The molecular formula is C15H21NO5S. The largest absolute Gasteiger partial charge is 0.496 e. The van der Waals surface area contributed by atoms with Crippen molar-refractivity contribution in [2.24, 2.45) is 11.8 Å². The number of benzene rings is 1. The maximum Gasteiger partial charge on any atom is 0.339 e. The van der Waals surface area contributed by atoms with Crippen LogP contribution in [0.25, 0.3) is 0 Å². The first-order valence-electron chi connectivity index (χ1n) is 7.17. The summed E-state index contributed by atoms with van der Waals surface area (Å²) in [4.78, 5) is 11.2. The highest BCUT2D eigenvalue weighted by atomic mass is 32.2. The van der Waals surface area contributed by atoms with Crippen molar-refractivity contribution in [1.29, 1.82) is 0 Å². The maximum atomic E-state index is 12.7. The first-order valence-corrected chi connectivity index (χ1v) is 8.61. The van der Waals surface area contributed by atoms with E-state index >= 15 is 0 Å². The molecule has 0 amide bonds. The SMILES string of the molecule is COc1ccc(S(=O)(=O)N2CC(C)CC(C)C2)cc1C(=O)O. The quantitative estimate of drug-likeness (QED) is 0.915. The zero-order chi connectivity index (χ0) is 16.5. The summed E-state index contributed by atoms with van der Waals surface area (Å²) in [6.45, 7) is 4.96. The fraction of sp³-hybridized carbons (Fsp3) is 0.533. The normalized spacial score (nSPS) is 23.2. The number of carbonyl (C=O) groups is 1. The lowest BCUT2D eigenvalue weighted by Gasteiger charge is -2.34. The molecule has 0 radical (unpaired) electrons. The molecule has 1 saturated heterocycles. The Hall–Kier alpha value is -1.60. The minimum absolute atomic E-state index is 0.00741. The van der Waals surface area contributed by atoms with Gasteiger partial charge in [0.05, 0.1) is 12.0 Å². The fourth-order valence-corrected chi connectivity index (χ4v) is 4.67. The second-order valence-electron chi connectivity index (χ2n) is 5.94. The van der Waals surface area contributed by atoms with Crippen molar-refractivity contribution in [2.75, 3.05) is 20.2 Å². The Morgan fingerprint density at radius 1 is 1.27 bits per heavy atom. The van der Waals surface area contributed by atoms with Gasteiger partial charge in [0.2, 0.25) is 10.0 Å². The van der Waals surface area contributed by atoms with Gasteiger partial charge in [0, 0.05) is 13.1 Å². The van der Waals surface area contributed by atoms with Crippen LogP contribution in [0.1, 0.15) is 30.6 Å². The van der Waals surface area contributed by atoms with Crippen LogP contribution in [0.15, 0.2) is 23.1 Å². The number of aromatic carboxylic acids is 1. The van der Waals surface area contributed by atoms with E-state index in [0.717, 1.165) is 6.42 Å². The van der Waals surface area contributed by atoms with Crippen molar-refractivity contribution >= 4 is 16.0 Å². The van der Waals surface area contributed by atoms with Gasteiger partial charge in [0.1, 0.15) is 11.3 Å². The summed E-state index contributed by atoms with van der Waals surface area (Å²) in [6.07, 6.45) is 0.995. The predicted molar refractivity (Wildman–Crippen MR) is 81.7 cm³/mol. The van der Waals surface area contributed by atoms with E-state index in [2.05, 4.69) is 0 Å². The van der Waals surface area contributed by atoms with Crippen LogP contribution in [0.3, 0.4) is 0 Å². The topological polar surface area (TPSA) is 83.9 Å². The van der Waals surface area contributed by atoms with Crippen molar-refractivity contribution in [3.05, 3.63) is 23.8 Å². The van der Waals surface area contributed by atoms with Crippen LogP contribution < -0.4 is 4.74 Å². The van der Waals surface area contributed by atoms with E-state index in [1.165, 1.54) is 29.6 Å². The highest BCUT2D eigenvalue weighted by Crippen LogP contribution is 2.29. The summed E-state index contributed by atoms with van der Waals surface area (Å²) in [5, 5.41) is 9.19. The second-order valence-corrected chi connectivity index (χ2v) is 7.87. The highest BCUT2D eigenvalue weighted by Gasteiger charge is 2.32. The number of methoxy groups -OCH3 is 1. The number of carboxylic acid groups (broad SMARTS) is 1. The van der Waals surface area contributed by atoms with Gasteiger partial charge < -0.3 is 9.84 Å². The van der Waals surface area contributed by atoms with Gasteiger partial charge in [-0.15, -0.1) is 0 Å². The summed E-state index contributed by atoms with van der Waals surface area (Å²) in [6, 6.07) is 3.94. The van der Waals surface area contributed by atoms with Gasteiger partial charge >= 0.3 is 5.97 Å². The number of ether oxygens (including phenoxy) is 1. The minimum atomic E-state index is -3.69. The zero-order valence-electron chi connectivity index (χ0n) is 12.9. The lowest BCUT2D eigenvalue weighted by molar-refractivity contribution is 0.0693. The van der Waals surface area contributed by atoms with Crippen molar-refractivity contribution in [2.45, 2.75) is 25.2 Å². The summed E-state index contributed by atoms with van der Waals surface area (Å²) in [5.74, 6) is -0.493. The molecule has 1 N–H and O–H groups in total. The molecule has 2 rings (SSSR count). The van der Waals surface area contributed by atoms with Gasteiger partial charge in [-0.3, -0.25) is 0 Å². The lowest BCUT2D eigenvalue weighted by Crippen LogP contribution is -2.42. The van der Waals surface area contributed by atoms with Crippen LogP contribution in [0.2, 0.25) is 0 Å². The maximum absolute atomic E-state index is 12.7. The van der Waals surface area contributed by atoms with Gasteiger partial charge in [0.25, 0.3) is 0 Å². The Morgan fingerprint density at radius 2 is 1.86 bits per heavy atom. The number of carboxylic acids is 1. The number of sulfonamides is 1. The number of hydrogen-bond acceptors (Lipinski definition) is 4. The molecule has 6 nitrogen and oxygen atoms in total. The van der Waals surface area contributed by atoms with Gasteiger partial charge in [-0.05, 0) is 36.5 Å². The van der Waals surface area contributed by atoms with Crippen LogP contribution in [0, 0.1) is 11.8 Å². The Kier molecular flexibility index (Phi) is 4.77. The smallest absolute Gasteiger partial charge is 0.339 e. The van der Waals surface area contributed by atoms with E-state index in [4.69, 9.17) is 4.74 Å². The molecule has 1 fully saturated rings. The van der Waals surface area contributed by atoms with E-state index in [-0.39, 0.29) is 28.0 Å². The van der Waals surface area contributed by atoms with Gasteiger partial charge in [0.15, 0.2) is 0 Å². The third kappa shape index (κ3) is 3.25. The Labute approximate surface area is 130 Å². The van der Waals surface area contributed by atoms with E-state index in [1.54, 1.807) is 0 Å². The molecule has 1 heterocycles. The van der Waals surface area contributed by atoms with E-state index in [9.17, 15) is 18.3 Å². The predicted octanol–water partition coefficient (Wildman–Crippen LogP) is 2.06. The molecule has 7 heteroatoms. The van der Waals surface area contributed by atoms with Gasteiger partial charge in [-0.25, -0.2) is 13.2 Å². The van der Waals surface area contributed by atoms with Crippen LogP contribution in [-0.2, 0) is 10.0 Å². The Morgan fingerprint density at radius 3 is 2.36 bits per heavy atom. The molecule has 1 aliphatic rings. The van der Waals surface area contributed by atoms with E-state index in [0.29, 0.717) is 13.1 Å². The van der Waals surface area contributed by atoms with Gasteiger partial charge in [-0.1, -0.05) is 13.8 Å². The molecule has 2 unspecified atom stereocenters. The second kappa shape index (κ2) is 6.26.